The van der Waals surface area contributed by atoms with Gasteiger partial charge in [0.25, 0.3) is 0 Å². The zero-order valence-electron chi connectivity index (χ0n) is 35.5. The molecule has 6 rings (SSSR count). The number of ether oxygens (including phenoxy) is 5. The maximum Gasteiger partial charge on any atom is 0.317 e. The van der Waals surface area contributed by atoms with Gasteiger partial charge in [-0.25, -0.2) is 0 Å². The van der Waals surface area contributed by atoms with Crippen LogP contribution in [0.4, 0.5) is 0 Å². The van der Waals surface area contributed by atoms with Crippen molar-refractivity contribution in [2.75, 3.05) is 26.4 Å². The van der Waals surface area contributed by atoms with Crippen molar-refractivity contribution in [2.24, 2.45) is 57.2 Å². The lowest BCUT2D eigenvalue weighted by molar-refractivity contribution is -0.213. The van der Waals surface area contributed by atoms with Gasteiger partial charge in [0.15, 0.2) is 12.6 Å². The number of hydrogen-bond donors (Lipinski definition) is 2. The number of carboxylic acids is 2. The largest absolute Gasteiger partial charge is 0.481 e. The van der Waals surface area contributed by atoms with Crippen LogP contribution in [0.15, 0.2) is 23.3 Å². The number of hydrogen-bond acceptors (Lipinski definition) is 9. The van der Waals surface area contributed by atoms with Crippen molar-refractivity contribution in [3.05, 3.63) is 23.3 Å². The van der Waals surface area contributed by atoms with E-state index in [1.807, 2.05) is 0 Å². The van der Waals surface area contributed by atoms with Crippen molar-refractivity contribution in [3.8, 4) is 0 Å². The predicted molar refractivity (Wildman–Crippen MR) is 213 cm³/mol. The van der Waals surface area contributed by atoms with E-state index in [2.05, 4.69) is 53.7 Å². The summed E-state index contributed by atoms with van der Waals surface area (Å²) in [5, 5.41) is 18.0. The van der Waals surface area contributed by atoms with Crippen molar-refractivity contribution in [3.63, 3.8) is 0 Å². The van der Waals surface area contributed by atoms with Gasteiger partial charge >= 0.3 is 23.9 Å². The molecule has 12 unspecified atom stereocenters. The third kappa shape index (κ3) is 9.51. The Kier molecular flexibility index (Phi) is 13.7. The van der Waals surface area contributed by atoms with Gasteiger partial charge in [-0.2, -0.15) is 0 Å². The van der Waals surface area contributed by atoms with Gasteiger partial charge in [0.05, 0.1) is 13.2 Å². The molecule has 2 aliphatic heterocycles. The van der Waals surface area contributed by atoms with E-state index < -0.39 is 36.7 Å². The van der Waals surface area contributed by atoms with Gasteiger partial charge in [0, 0.05) is 12.8 Å². The summed E-state index contributed by atoms with van der Waals surface area (Å²) in [6.45, 7) is 16.2. The van der Waals surface area contributed by atoms with Gasteiger partial charge < -0.3 is 33.9 Å². The molecule has 0 bridgehead atoms. The topological polar surface area (TPSA) is 155 Å². The molecule has 0 radical (unpaired) electrons. The lowest BCUT2D eigenvalue weighted by Gasteiger charge is -2.58. The first-order valence-electron chi connectivity index (χ1n) is 22.0. The number of allylic oxidation sites excluding steroid dienone is 2. The van der Waals surface area contributed by atoms with Crippen molar-refractivity contribution in [1.82, 2.24) is 0 Å². The molecule has 2 heterocycles. The molecular formula is C46H70O11. The molecule has 0 aromatic rings. The molecule has 11 heteroatoms. The minimum absolute atomic E-state index is 0.0686. The smallest absolute Gasteiger partial charge is 0.317 e. The van der Waals surface area contributed by atoms with E-state index in [0.717, 1.165) is 101 Å². The monoisotopic (exact) mass is 798 g/mol. The van der Waals surface area contributed by atoms with E-state index in [-0.39, 0.29) is 47.5 Å². The van der Waals surface area contributed by atoms with Gasteiger partial charge in [0.2, 0.25) is 0 Å². The maximum atomic E-state index is 12.1. The molecule has 12 atom stereocenters. The quantitative estimate of drug-likeness (QED) is 0.0874. The van der Waals surface area contributed by atoms with Crippen molar-refractivity contribution >= 4 is 23.9 Å². The summed E-state index contributed by atoms with van der Waals surface area (Å²) in [6.07, 6.45) is 17.3. The fourth-order valence-corrected chi connectivity index (χ4v) is 12.6. The Balaban J connectivity index is 0.967. The number of aliphatic carboxylic acids is 2. The molecule has 0 spiro atoms. The van der Waals surface area contributed by atoms with Crippen molar-refractivity contribution in [1.29, 1.82) is 0 Å². The van der Waals surface area contributed by atoms with E-state index in [1.54, 1.807) is 0 Å². The van der Waals surface area contributed by atoms with Crippen LogP contribution in [0.2, 0.25) is 0 Å². The van der Waals surface area contributed by atoms with Crippen LogP contribution in [-0.2, 0) is 42.9 Å². The second kappa shape index (κ2) is 17.8. The molecule has 0 amide bonds. The van der Waals surface area contributed by atoms with Gasteiger partial charge in [-0.3, -0.25) is 19.2 Å². The van der Waals surface area contributed by atoms with Crippen LogP contribution in [0.1, 0.15) is 144 Å². The van der Waals surface area contributed by atoms with E-state index in [4.69, 9.17) is 33.9 Å². The molecule has 11 nitrogen and oxygen atoms in total. The third-order valence-corrected chi connectivity index (χ3v) is 16.7. The molecule has 4 fully saturated rings. The summed E-state index contributed by atoms with van der Waals surface area (Å²) in [5.41, 5.74) is 2.43. The minimum Gasteiger partial charge on any atom is -0.481 e. The number of fused-ring (bicyclic) bond motifs is 2. The summed E-state index contributed by atoms with van der Waals surface area (Å²) < 4.78 is 29.9. The lowest BCUT2D eigenvalue weighted by Crippen LogP contribution is -2.50. The van der Waals surface area contributed by atoms with E-state index >= 15 is 0 Å². The second-order valence-electron chi connectivity index (χ2n) is 19.8. The van der Waals surface area contributed by atoms with Crippen molar-refractivity contribution in [2.45, 2.75) is 157 Å². The molecule has 0 aromatic carbocycles. The highest BCUT2D eigenvalue weighted by Crippen LogP contribution is 2.63. The first-order valence-corrected chi connectivity index (χ1v) is 22.0. The first kappa shape index (κ1) is 43.8. The average molecular weight is 799 g/mol. The summed E-state index contributed by atoms with van der Waals surface area (Å²) in [5.74, 6) is -0.763. The fraction of sp³-hybridized carbons (Fsp3) is 0.826. The molecule has 4 aliphatic carbocycles. The number of esters is 2. The predicted octanol–water partition coefficient (Wildman–Crippen LogP) is 8.88. The summed E-state index contributed by atoms with van der Waals surface area (Å²) >= 11 is 0. The Bertz CT molecular complexity index is 1440. The zero-order valence-corrected chi connectivity index (χ0v) is 35.5. The first-order chi connectivity index (χ1) is 27.0. The highest BCUT2D eigenvalue weighted by atomic mass is 16.8. The Hall–Kier alpha value is -2.76. The summed E-state index contributed by atoms with van der Waals surface area (Å²) in [7, 11) is 0. The van der Waals surface area contributed by atoms with Gasteiger partial charge in [0.1, 0.15) is 26.1 Å². The van der Waals surface area contributed by atoms with Gasteiger partial charge in [-0.15, -0.1) is 0 Å². The number of carboxylic acid groups (broad SMARTS) is 2. The fourth-order valence-electron chi connectivity index (χ4n) is 12.6. The standard InChI is InChI=1S/C46H70O11/c1-29-13-17-45(5)33(27-53-39(51)23-37(47)48)9-7-11-35(45)43(29,3)19-15-31-21-41(55-25-31)57-42-22-32(26-56-42)16-20-44(4)30(2)14-18-46(6)34(10-8-12-36(44)46)28-54-40(52)24-38(49)50/h9-10,29-32,35-36,41-42H,7-8,11-28H2,1-6H3,(H,47,48)(H,49,50). The molecule has 2 saturated heterocycles. The van der Waals surface area contributed by atoms with Crippen LogP contribution >= 0.6 is 0 Å². The van der Waals surface area contributed by atoms with Crippen LogP contribution < -0.4 is 0 Å². The minimum atomic E-state index is -1.16. The van der Waals surface area contributed by atoms with Gasteiger partial charge in [-0.1, -0.05) is 53.7 Å². The van der Waals surface area contributed by atoms with Crippen LogP contribution in [-0.4, -0.2) is 73.1 Å². The Labute approximate surface area is 340 Å². The Morgan fingerprint density at radius 1 is 0.667 bits per heavy atom. The third-order valence-electron chi connectivity index (χ3n) is 16.7. The van der Waals surface area contributed by atoms with Crippen LogP contribution in [0.5, 0.6) is 0 Å². The molecule has 6 aliphatic rings. The average Bonchev–Trinajstić information content (AvgIpc) is 3.81. The summed E-state index contributed by atoms with van der Waals surface area (Å²) in [4.78, 5) is 46.2. The highest BCUT2D eigenvalue weighted by Gasteiger charge is 2.55. The van der Waals surface area contributed by atoms with Crippen molar-refractivity contribution < 1.29 is 53.1 Å². The van der Waals surface area contributed by atoms with E-state index in [0.29, 0.717) is 48.7 Å². The number of rotatable bonds is 16. The lowest BCUT2D eigenvalue weighted by atomic mass is 9.46. The normalized spacial score (nSPS) is 40.3. The van der Waals surface area contributed by atoms with Crippen LogP contribution in [0.3, 0.4) is 0 Å². The highest BCUT2D eigenvalue weighted by molar-refractivity contribution is 5.90. The SMILES string of the molecule is CC1CCC2(C)C(COC(=O)CC(=O)O)=CCCC2C1(C)CCC1COC(OC2CC(CCC3(C)C(C)CCC4(C)C(COC(=O)CC(=O)O)=CCCC43)CO2)C1. The van der Waals surface area contributed by atoms with Crippen LogP contribution in [0.25, 0.3) is 0 Å². The van der Waals surface area contributed by atoms with Gasteiger partial charge in [-0.05, 0) is 145 Å². The van der Waals surface area contributed by atoms with Crippen LogP contribution in [0, 0.1) is 57.2 Å². The molecule has 2 N–H and O–H groups in total. The molecule has 0 aromatic heterocycles. The molecule has 2 saturated carbocycles. The maximum absolute atomic E-state index is 12.1. The Morgan fingerprint density at radius 2 is 1.07 bits per heavy atom. The molecule has 57 heavy (non-hydrogen) atoms. The number of carbonyl (C=O) groups excluding carboxylic acids is 2. The summed E-state index contributed by atoms with van der Waals surface area (Å²) in [6, 6.07) is 0. The van der Waals surface area contributed by atoms with E-state index in [9.17, 15) is 19.2 Å². The number of carbonyl (C=O) groups is 4. The second-order valence-corrected chi connectivity index (χ2v) is 19.8. The Morgan fingerprint density at radius 3 is 1.46 bits per heavy atom. The molecular weight excluding hydrogens is 728 g/mol. The molecule has 320 valence electrons. The zero-order chi connectivity index (χ0) is 41.2. The van der Waals surface area contributed by atoms with E-state index in [1.165, 1.54) is 0 Å².